The van der Waals surface area contributed by atoms with Gasteiger partial charge in [0, 0.05) is 11.1 Å². The third-order valence-corrected chi connectivity index (χ3v) is 3.35. The highest BCUT2D eigenvalue weighted by Gasteiger charge is 2.09. The summed E-state index contributed by atoms with van der Waals surface area (Å²) < 4.78 is 0.821. The molecular formula is C10H10BrClN2S. The number of rotatable bonds is 2. The third-order valence-electron chi connectivity index (χ3n) is 1.96. The van der Waals surface area contributed by atoms with Gasteiger partial charge in [-0.25, -0.2) is 4.98 Å². The van der Waals surface area contributed by atoms with E-state index in [1.165, 1.54) is 4.88 Å². The Hall–Kier alpha value is -0.420. The van der Waals surface area contributed by atoms with Crippen molar-refractivity contribution in [3.05, 3.63) is 50.9 Å². The molecular weight excluding hydrogens is 296 g/mol. The van der Waals surface area contributed by atoms with Gasteiger partial charge in [0.2, 0.25) is 0 Å². The second-order valence-corrected chi connectivity index (χ2v) is 4.70. The fraction of sp³-hybridized carbons (Fsp3) is 0.100. The van der Waals surface area contributed by atoms with Gasteiger partial charge in [-0.1, -0.05) is 6.07 Å². The number of hydrogen-bond acceptors (Lipinski definition) is 3. The van der Waals surface area contributed by atoms with Crippen molar-refractivity contribution < 1.29 is 0 Å². The topological polar surface area (TPSA) is 38.9 Å². The highest BCUT2D eigenvalue weighted by Crippen LogP contribution is 2.24. The van der Waals surface area contributed by atoms with Crippen LogP contribution in [0.4, 0.5) is 0 Å². The van der Waals surface area contributed by atoms with Crippen LogP contribution in [0.25, 0.3) is 0 Å². The second-order valence-electron chi connectivity index (χ2n) is 2.90. The predicted molar refractivity (Wildman–Crippen MR) is 69.5 cm³/mol. The van der Waals surface area contributed by atoms with Gasteiger partial charge in [0.1, 0.15) is 4.60 Å². The van der Waals surface area contributed by atoms with Crippen LogP contribution in [0.15, 0.2) is 40.4 Å². The van der Waals surface area contributed by atoms with Crippen LogP contribution in [-0.4, -0.2) is 4.98 Å². The normalized spacial score (nSPS) is 11.9. The molecule has 0 amide bonds. The summed E-state index contributed by atoms with van der Waals surface area (Å²) in [4.78, 5) is 5.24. The quantitative estimate of drug-likeness (QED) is 0.864. The van der Waals surface area contributed by atoms with Crippen LogP contribution in [0.3, 0.4) is 0 Å². The molecule has 0 bridgehead atoms. The molecule has 2 heterocycles. The van der Waals surface area contributed by atoms with E-state index < -0.39 is 0 Å². The first kappa shape index (κ1) is 12.6. The van der Waals surface area contributed by atoms with Crippen molar-refractivity contribution in [3.8, 4) is 0 Å². The Kier molecular flexibility index (Phi) is 4.73. The van der Waals surface area contributed by atoms with Crippen molar-refractivity contribution in [2.24, 2.45) is 5.73 Å². The number of pyridine rings is 1. The van der Waals surface area contributed by atoms with Gasteiger partial charge >= 0.3 is 0 Å². The zero-order valence-electron chi connectivity index (χ0n) is 7.76. The average molecular weight is 306 g/mol. The van der Waals surface area contributed by atoms with Crippen LogP contribution in [0, 0.1) is 0 Å². The first-order valence-electron chi connectivity index (χ1n) is 4.18. The summed E-state index contributed by atoms with van der Waals surface area (Å²) in [6.07, 6.45) is 1.76. The zero-order chi connectivity index (χ0) is 9.97. The van der Waals surface area contributed by atoms with E-state index in [1.54, 1.807) is 17.5 Å². The molecule has 2 aromatic rings. The van der Waals surface area contributed by atoms with Crippen molar-refractivity contribution >= 4 is 39.7 Å². The van der Waals surface area contributed by atoms with Gasteiger partial charge in [0.15, 0.2) is 0 Å². The monoisotopic (exact) mass is 304 g/mol. The van der Waals surface area contributed by atoms with E-state index >= 15 is 0 Å². The smallest absolute Gasteiger partial charge is 0.106 e. The highest BCUT2D eigenvalue weighted by atomic mass is 79.9. The lowest BCUT2D eigenvalue weighted by atomic mass is 10.1. The summed E-state index contributed by atoms with van der Waals surface area (Å²) in [5, 5.41) is 2.03. The summed E-state index contributed by atoms with van der Waals surface area (Å²) in [5.74, 6) is 0. The summed E-state index contributed by atoms with van der Waals surface area (Å²) in [7, 11) is 0. The summed E-state index contributed by atoms with van der Waals surface area (Å²) >= 11 is 5.00. The zero-order valence-corrected chi connectivity index (χ0v) is 11.0. The molecule has 0 aliphatic rings. The van der Waals surface area contributed by atoms with E-state index in [2.05, 4.69) is 20.9 Å². The third kappa shape index (κ3) is 3.01. The van der Waals surface area contributed by atoms with Gasteiger partial charge in [0.05, 0.1) is 6.04 Å². The van der Waals surface area contributed by atoms with E-state index in [0.717, 1.165) is 10.2 Å². The lowest BCUT2D eigenvalue weighted by molar-refractivity contribution is 0.887. The van der Waals surface area contributed by atoms with Gasteiger partial charge in [0.25, 0.3) is 0 Å². The molecule has 0 unspecified atom stereocenters. The predicted octanol–water partition coefficient (Wildman–Crippen LogP) is 3.38. The van der Waals surface area contributed by atoms with Crippen molar-refractivity contribution in [1.82, 2.24) is 4.98 Å². The minimum atomic E-state index is -0.0469. The maximum Gasteiger partial charge on any atom is 0.106 e. The molecule has 0 radical (unpaired) electrons. The first-order valence-corrected chi connectivity index (χ1v) is 5.85. The fourth-order valence-electron chi connectivity index (χ4n) is 1.24. The lowest BCUT2D eigenvalue weighted by Gasteiger charge is -2.09. The number of nitrogens with zero attached hydrogens (tertiary/aromatic N) is 1. The lowest BCUT2D eigenvalue weighted by Crippen LogP contribution is -2.10. The molecule has 0 saturated heterocycles. The Morgan fingerprint density at radius 1 is 1.40 bits per heavy atom. The second kappa shape index (κ2) is 5.61. The Balaban J connectivity index is 0.00000112. The molecule has 5 heteroatoms. The minimum Gasteiger partial charge on any atom is -0.320 e. The average Bonchev–Trinajstić information content (AvgIpc) is 2.69. The maximum atomic E-state index is 6.09. The molecule has 0 aromatic carbocycles. The molecule has 0 aliphatic carbocycles. The fourth-order valence-corrected chi connectivity index (χ4v) is 2.38. The summed E-state index contributed by atoms with van der Waals surface area (Å²) in [6.45, 7) is 0. The summed E-state index contributed by atoms with van der Waals surface area (Å²) in [6, 6.07) is 7.90. The Morgan fingerprint density at radius 3 is 2.80 bits per heavy atom. The standard InChI is InChI=1S/C10H9BrN2S.ClH/c11-9-6-7(3-4-13-9)10(12)8-2-1-5-14-8;/h1-6,10H,12H2;1H/t10-;/m1./s1. The van der Waals surface area contributed by atoms with Crippen LogP contribution in [0.5, 0.6) is 0 Å². The molecule has 15 heavy (non-hydrogen) atoms. The van der Waals surface area contributed by atoms with Crippen molar-refractivity contribution in [1.29, 1.82) is 0 Å². The number of aromatic nitrogens is 1. The molecule has 0 saturated carbocycles. The Labute approximate surface area is 107 Å². The first-order chi connectivity index (χ1) is 6.77. The van der Waals surface area contributed by atoms with Crippen LogP contribution < -0.4 is 5.73 Å². The van der Waals surface area contributed by atoms with Crippen LogP contribution in [0.2, 0.25) is 0 Å². The van der Waals surface area contributed by atoms with E-state index in [4.69, 9.17) is 5.73 Å². The molecule has 2 N–H and O–H groups in total. The highest BCUT2D eigenvalue weighted by molar-refractivity contribution is 9.10. The molecule has 0 spiro atoms. The van der Waals surface area contributed by atoms with Crippen molar-refractivity contribution in [3.63, 3.8) is 0 Å². The van der Waals surface area contributed by atoms with Gasteiger partial charge in [-0.05, 0) is 45.1 Å². The van der Waals surface area contributed by atoms with Crippen LogP contribution in [-0.2, 0) is 0 Å². The van der Waals surface area contributed by atoms with E-state index in [1.807, 2.05) is 29.6 Å². The number of thiophene rings is 1. The minimum absolute atomic E-state index is 0. The Morgan fingerprint density at radius 2 is 2.20 bits per heavy atom. The van der Waals surface area contributed by atoms with Crippen molar-refractivity contribution in [2.75, 3.05) is 0 Å². The molecule has 0 fully saturated rings. The Bertz CT molecular complexity index is 419. The van der Waals surface area contributed by atoms with E-state index in [0.29, 0.717) is 0 Å². The molecule has 2 aromatic heterocycles. The maximum absolute atomic E-state index is 6.09. The number of halogens is 2. The molecule has 2 rings (SSSR count). The molecule has 0 aliphatic heterocycles. The SMILES string of the molecule is Cl.N[C@H](c1ccnc(Br)c1)c1cccs1. The van der Waals surface area contributed by atoms with Gasteiger partial charge in [-0.3, -0.25) is 0 Å². The van der Waals surface area contributed by atoms with E-state index in [9.17, 15) is 0 Å². The van der Waals surface area contributed by atoms with Crippen LogP contribution in [0.1, 0.15) is 16.5 Å². The molecule has 80 valence electrons. The largest absolute Gasteiger partial charge is 0.320 e. The van der Waals surface area contributed by atoms with Crippen LogP contribution >= 0.6 is 39.7 Å². The van der Waals surface area contributed by atoms with Gasteiger partial charge in [-0.2, -0.15) is 0 Å². The van der Waals surface area contributed by atoms with Gasteiger partial charge in [-0.15, -0.1) is 23.7 Å². The van der Waals surface area contributed by atoms with Crippen molar-refractivity contribution in [2.45, 2.75) is 6.04 Å². The molecule has 2 nitrogen and oxygen atoms in total. The van der Waals surface area contributed by atoms with E-state index in [-0.39, 0.29) is 18.4 Å². The summed E-state index contributed by atoms with van der Waals surface area (Å²) in [5.41, 5.74) is 7.17. The number of nitrogens with two attached hydrogens (primary N) is 1. The van der Waals surface area contributed by atoms with Gasteiger partial charge < -0.3 is 5.73 Å². The number of hydrogen-bond donors (Lipinski definition) is 1. The molecule has 1 atom stereocenters.